The van der Waals surface area contributed by atoms with Crippen LogP contribution in [0.2, 0.25) is 0 Å². The number of furan rings is 1. The fourth-order valence-electron chi connectivity index (χ4n) is 7.17. The van der Waals surface area contributed by atoms with Crippen LogP contribution < -0.4 is 10.2 Å². The van der Waals surface area contributed by atoms with Gasteiger partial charge in [0.2, 0.25) is 0 Å². The molecule has 1 N–H and O–H groups in total. The largest absolute Gasteiger partial charge is 0.459 e. The van der Waals surface area contributed by atoms with Crippen molar-refractivity contribution in [3.05, 3.63) is 160 Å². The zero-order valence-corrected chi connectivity index (χ0v) is 24.5. The summed E-state index contributed by atoms with van der Waals surface area (Å²) in [4.78, 5) is 16.0. The Morgan fingerprint density at radius 2 is 1.53 bits per heavy atom. The van der Waals surface area contributed by atoms with Crippen LogP contribution in [0, 0.1) is 0 Å². The molecule has 1 aliphatic heterocycles. The monoisotopic (exact) mass is 560 g/mol. The molecule has 0 saturated heterocycles. The molecule has 43 heavy (non-hydrogen) atoms. The summed E-state index contributed by atoms with van der Waals surface area (Å²) in [6.07, 6.45) is 6.36. The maximum Gasteiger partial charge on any atom is 0.190 e. The first-order chi connectivity index (χ1) is 20.9. The van der Waals surface area contributed by atoms with Crippen LogP contribution >= 0.6 is 0 Å². The van der Waals surface area contributed by atoms with Gasteiger partial charge in [-0.1, -0.05) is 93.6 Å². The van der Waals surface area contributed by atoms with Crippen molar-refractivity contribution in [2.75, 3.05) is 4.90 Å². The summed E-state index contributed by atoms with van der Waals surface area (Å²) in [5, 5.41) is 5.86. The Bertz CT molecular complexity index is 1970. The van der Waals surface area contributed by atoms with Gasteiger partial charge in [0.05, 0.1) is 5.70 Å². The second-order valence-electron chi connectivity index (χ2n) is 12.2. The van der Waals surface area contributed by atoms with Crippen LogP contribution in [0.4, 0.5) is 11.4 Å². The minimum Gasteiger partial charge on any atom is -0.459 e. The second-order valence-corrected chi connectivity index (χ2v) is 12.2. The van der Waals surface area contributed by atoms with Crippen LogP contribution in [0.1, 0.15) is 65.7 Å². The molecule has 2 aliphatic carbocycles. The molecule has 2 heterocycles. The van der Waals surface area contributed by atoms with Gasteiger partial charge in [-0.3, -0.25) is 4.79 Å². The molecule has 0 spiro atoms. The number of benzene rings is 4. The highest BCUT2D eigenvalue weighted by Gasteiger charge is 2.46. The van der Waals surface area contributed by atoms with E-state index < -0.39 is 0 Å². The van der Waals surface area contributed by atoms with E-state index in [9.17, 15) is 4.79 Å². The Labute approximate surface area is 251 Å². The van der Waals surface area contributed by atoms with Crippen molar-refractivity contribution in [1.29, 1.82) is 0 Å². The average molecular weight is 561 g/mol. The van der Waals surface area contributed by atoms with Gasteiger partial charge < -0.3 is 14.6 Å². The number of nitrogens with zero attached hydrogens (tertiary/aromatic N) is 1. The van der Waals surface area contributed by atoms with E-state index in [4.69, 9.17) is 4.42 Å². The standard InChI is InChI=1S/C39H32N2O2/c1-24-30-18-10-12-25-13-11-19-31(35(25)30)37(42)32(24)21-29-22-34-38(43-29)36-33(39(34,2)3)20-28(23-40-36)41(26-14-6-4-7-15-26)27-16-8-5-9-17-27/h4-24,36,40H,1-3H3/b32-21+. The summed E-state index contributed by atoms with van der Waals surface area (Å²) in [7, 11) is 0. The van der Waals surface area contributed by atoms with E-state index in [0.29, 0.717) is 0 Å². The molecule has 210 valence electrons. The van der Waals surface area contributed by atoms with E-state index in [2.05, 4.69) is 122 Å². The van der Waals surface area contributed by atoms with Gasteiger partial charge >= 0.3 is 0 Å². The van der Waals surface area contributed by atoms with Gasteiger partial charge in [0.1, 0.15) is 17.6 Å². The van der Waals surface area contributed by atoms with Crippen molar-refractivity contribution in [2.24, 2.45) is 0 Å². The molecule has 2 unspecified atom stereocenters. The molecule has 3 aliphatic rings. The van der Waals surface area contributed by atoms with Gasteiger partial charge in [-0.05, 0) is 64.4 Å². The molecular weight excluding hydrogens is 528 g/mol. The number of para-hydroxylation sites is 2. The summed E-state index contributed by atoms with van der Waals surface area (Å²) in [5.74, 6) is 1.71. The lowest BCUT2D eigenvalue weighted by molar-refractivity contribution is 0.102. The van der Waals surface area contributed by atoms with E-state index in [1.54, 1.807) is 0 Å². The van der Waals surface area contributed by atoms with E-state index in [-0.39, 0.29) is 23.2 Å². The lowest BCUT2D eigenvalue weighted by Crippen LogP contribution is -2.29. The number of carbonyl (C=O) groups excluding carboxylic acids is 1. The van der Waals surface area contributed by atoms with Crippen molar-refractivity contribution < 1.29 is 9.21 Å². The molecule has 1 aromatic heterocycles. The molecule has 0 radical (unpaired) electrons. The third kappa shape index (κ3) is 3.86. The number of dihydropyridines is 1. The van der Waals surface area contributed by atoms with Crippen molar-refractivity contribution in [3.63, 3.8) is 0 Å². The topological polar surface area (TPSA) is 45.5 Å². The summed E-state index contributed by atoms with van der Waals surface area (Å²) in [5.41, 5.74) is 8.16. The van der Waals surface area contributed by atoms with Crippen LogP contribution in [0.5, 0.6) is 0 Å². The quantitative estimate of drug-likeness (QED) is 0.223. The number of anilines is 2. The summed E-state index contributed by atoms with van der Waals surface area (Å²) in [6.45, 7) is 6.64. The van der Waals surface area contributed by atoms with Crippen LogP contribution in [0.25, 0.3) is 16.8 Å². The Kier molecular flexibility index (Phi) is 5.64. The highest BCUT2D eigenvalue weighted by molar-refractivity contribution is 6.21. The first-order valence-corrected chi connectivity index (χ1v) is 14.9. The first kappa shape index (κ1) is 25.6. The van der Waals surface area contributed by atoms with Gasteiger partial charge in [0, 0.05) is 45.6 Å². The lowest BCUT2D eigenvalue weighted by atomic mass is 9.77. The zero-order chi connectivity index (χ0) is 29.3. The highest BCUT2D eigenvalue weighted by Crippen LogP contribution is 2.53. The number of carbonyl (C=O) groups is 1. The number of Topliss-reactive ketones (excluding diaryl/α,β-unsaturated/α-hetero) is 1. The molecule has 0 bridgehead atoms. The number of hydrogen-bond donors (Lipinski definition) is 1. The zero-order valence-electron chi connectivity index (χ0n) is 24.5. The molecular formula is C39H32N2O2. The maximum atomic E-state index is 13.7. The van der Waals surface area contributed by atoms with Gasteiger partial charge in [-0.25, -0.2) is 0 Å². The van der Waals surface area contributed by atoms with E-state index in [1.807, 2.05) is 30.3 Å². The van der Waals surface area contributed by atoms with Crippen LogP contribution in [-0.4, -0.2) is 5.78 Å². The summed E-state index contributed by atoms with van der Waals surface area (Å²) < 4.78 is 6.58. The molecule has 5 aromatic rings. The molecule has 4 nitrogen and oxygen atoms in total. The molecule has 8 rings (SSSR count). The third-order valence-electron chi connectivity index (χ3n) is 9.41. The second kappa shape index (κ2) is 9.47. The van der Waals surface area contributed by atoms with Gasteiger partial charge in [-0.2, -0.15) is 0 Å². The molecule has 0 fully saturated rings. The van der Waals surface area contributed by atoms with Crippen molar-refractivity contribution in [1.82, 2.24) is 5.32 Å². The SMILES string of the molecule is CC1/C(=C\c2cc3c(o2)C2NC=C(N(c4ccccc4)c4ccccc4)C=C2C3(C)C)C(=O)c2cccc3cccc1c23. The Hall–Kier alpha value is -5.09. The van der Waals surface area contributed by atoms with E-state index in [1.165, 1.54) is 11.1 Å². The average Bonchev–Trinajstić information content (AvgIpc) is 3.55. The molecule has 0 amide bonds. The Morgan fingerprint density at radius 3 is 2.23 bits per heavy atom. The van der Waals surface area contributed by atoms with E-state index >= 15 is 0 Å². The minimum absolute atomic E-state index is 0.0187. The number of nitrogens with one attached hydrogen (secondary N) is 1. The van der Waals surface area contributed by atoms with Gasteiger partial charge in [0.25, 0.3) is 0 Å². The van der Waals surface area contributed by atoms with Crippen molar-refractivity contribution in [3.8, 4) is 0 Å². The predicted molar refractivity (Wildman–Crippen MR) is 173 cm³/mol. The number of hydrogen-bond acceptors (Lipinski definition) is 4. The molecule has 4 heteroatoms. The molecule has 2 atom stereocenters. The normalized spacial score (nSPS) is 20.7. The first-order valence-electron chi connectivity index (χ1n) is 14.9. The number of fused-ring (bicyclic) bond motifs is 3. The molecule has 0 saturated carbocycles. The fourth-order valence-corrected chi connectivity index (χ4v) is 7.17. The smallest absolute Gasteiger partial charge is 0.190 e. The van der Waals surface area contributed by atoms with Crippen LogP contribution in [0.15, 0.2) is 137 Å². The summed E-state index contributed by atoms with van der Waals surface area (Å²) >= 11 is 0. The minimum atomic E-state index is -0.258. The van der Waals surface area contributed by atoms with Gasteiger partial charge in [0.15, 0.2) is 5.78 Å². The number of allylic oxidation sites excluding steroid dienone is 2. The summed E-state index contributed by atoms with van der Waals surface area (Å²) in [6, 6.07) is 35.3. The van der Waals surface area contributed by atoms with Crippen molar-refractivity contribution >= 4 is 34.0 Å². The number of ketones is 1. The van der Waals surface area contributed by atoms with Crippen molar-refractivity contribution in [2.45, 2.75) is 38.1 Å². The lowest BCUT2D eigenvalue weighted by Gasteiger charge is -2.33. The highest BCUT2D eigenvalue weighted by atomic mass is 16.3. The molecule has 4 aromatic carbocycles. The van der Waals surface area contributed by atoms with E-state index in [0.717, 1.165) is 56.1 Å². The van der Waals surface area contributed by atoms with Crippen LogP contribution in [-0.2, 0) is 5.41 Å². The Morgan fingerprint density at radius 1 is 0.860 bits per heavy atom. The predicted octanol–water partition coefficient (Wildman–Crippen LogP) is 9.36. The fraction of sp³-hybridized carbons (Fsp3) is 0.154. The maximum absolute atomic E-state index is 13.7. The van der Waals surface area contributed by atoms with Gasteiger partial charge in [-0.15, -0.1) is 0 Å². The van der Waals surface area contributed by atoms with Crippen LogP contribution in [0.3, 0.4) is 0 Å². The third-order valence-corrected chi connectivity index (χ3v) is 9.41. The Balaban J connectivity index is 1.16. The number of rotatable bonds is 4.